The monoisotopic (exact) mass is 323 g/mol. The van der Waals surface area contributed by atoms with E-state index in [1.807, 2.05) is 24.3 Å². The van der Waals surface area contributed by atoms with Gasteiger partial charge in [-0.2, -0.15) is 4.98 Å². The first-order valence-corrected chi connectivity index (χ1v) is 7.51. The molecule has 1 aromatic carbocycles. The van der Waals surface area contributed by atoms with Crippen LogP contribution in [0.4, 0.5) is 0 Å². The molecule has 22 heavy (non-hydrogen) atoms. The molecule has 120 valence electrons. The first-order valence-electron chi connectivity index (χ1n) is 7.51. The minimum absolute atomic E-state index is 0. The van der Waals surface area contributed by atoms with Crippen molar-refractivity contribution in [3.05, 3.63) is 41.5 Å². The van der Waals surface area contributed by atoms with Crippen molar-refractivity contribution in [3.63, 3.8) is 0 Å². The molecule has 2 aromatic rings. The fraction of sp³-hybridized carbons (Fsp3) is 0.500. The number of aromatic nitrogens is 2. The number of nitrogens with zero attached hydrogens (tertiary/aromatic N) is 2. The highest BCUT2D eigenvalue weighted by Crippen LogP contribution is 2.15. The lowest BCUT2D eigenvalue weighted by Crippen LogP contribution is -2.21. The Balaban J connectivity index is 0.00000176. The predicted molar refractivity (Wildman–Crippen MR) is 86.7 cm³/mol. The molecule has 3 rings (SSSR count). The lowest BCUT2D eigenvalue weighted by molar-refractivity contribution is 0.364. The Morgan fingerprint density at radius 1 is 1.32 bits per heavy atom. The van der Waals surface area contributed by atoms with E-state index in [0.29, 0.717) is 12.5 Å². The Morgan fingerprint density at radius 2 is 2.14 bits per heavy atom. The number of benzene rings is 1. The third-order valence-electron chi connectivity index (χ3n) is 3.90. The Hall–Kier alpha value is -1.59. The third kappa shape index (κ3) is 4.45. The van der Waals surface area contributed by atoms with Crippen molar-refractivity contribution in [1.82, 2.24) is 15.5 Å². The van der Waals surface area contributed by atoms with Gasteiger partial charge in [0, 0.05) is 18.9 Å². The van der Waals surface area contributed by atoms with Gasteiger partial charge in [0.05, 0.1) is 7.11 Å². The van der Waals surface area contributed by atoms with Gasteiger partial charge in [0.15, 0.2) is 5.82 Å². The summed E-state index contributed by atoms with van der Waals surface area (Å²) in [6.07, 6.45) is 5.15. The van der Waals surface area contributed by atoms with Crippen LogP contribution in [0.5, 0.6) is 5.75 Å². The Bertz CT molecular complexity index is 565. The SMILES string of the molecule is COc1ccc(Cc2noc(CCC3CCCN3)n2)cc1.Cl. The van der Waals surface area contributed by atoms with E-state index in [1.165, 1.54) is 12.8 Å². The van der Waals surface area contributed by atoms with E-state index in [9.17, 15) is 0 Å². The van der Waals surface area contributed by atoms with E-state index in [1.54, 1.807) is 7.11 Å². The minimum Gasteiger partial charge on any atom is -0.497 e. The minimum atomic E-state index is 0. The quantitative estimate of drug-likeness (QED) is 0.885. The maximum absolute atomic E-state index is 5.33. The molecule has 1 aliphatic rings. The van der Waals surface area contributed by atoms with Crippen molar-refractivity contribution >= 4 is 12.4 Å². The summed E-state index contributed by atoms with van der Waals surface area (Å²) in [5.41, 5.74) is 1.15. The van der Waals surface area contributed by atoms with Crippen molar-refractivity contribution in [2.45, 2.75) is 38.1 Å². The van der Waals surface area contributed by atoms with Crippen LogP contribution >= 0.6 is 12.4 Å². The molecule has 1 saturated heterocycles. The summed E-state index contributed by atoms with van der Waals surface area (Å²) < 4.78 is 10.5. The molecular weight excluding hydrogens is 302 g/mol. The van der Waals surface area contributed by atoms with Crippen LogP contribution in [0.1, 0.15) is 36.5 Å². The molecule has 0 radical (unpaired) electrons. The molecule has 1 atom stereocenters. The largest absolute Gasteiger partial charge is 0.497 e. The summed E-state index contributed by atoms with van der Waals surface area (Å²) in [5, 5.41) is 7.54. The van der Waals surface area contributed by atoms with Gasteiger partial charge >= 0.3 is 0 Å². The molecular formula is C16H22ClN3O2. The second-order valence-electron chi connectivity index (χ2n) is 5.46. The average molecular weight is 324 g/mol. The molecule has 2 heterocycles. The summed E-state index contributed by atoms with van der Waals surface area (Å²) in [4.78, 5) is 4.47. The molecule has 1 aliphatic heterocycles. The number of ether oxygens (including phenoxy) is 1. The fourth-order valence-corrected chi connectivity index (χ4v) is 2.69. The van der Waals surface area contributed by atoms with Crippen molar-refractivity contribution < 1.29 is 9.26 Å². The van der Waals surface area contributed by atoms with E-state index >= 15 is 0 Å². The van der Waals surface area contributed by atoms with Gasteiger partial charge in [-0.05, 0) is 43.5 Å². The summed E-state index contributed by atoms with van der Waals surface area (Å²) in [5.74, 6) is 2.35. The number of nitrogens with one attached hydrogen (secondary N) is 1. The Kier molecular flexibility index (Phi) is 6.21. The smallest absolute Gasteiger partial charge is 0.226 e. The molecule has 1 N–H and O–H groups in total. The van der Waals surface area contributed by atoms with Crippen molar-refractivity contribution in [2.75, 3.05) is 13.7 Å². The maximum Gasteiger partial charge on any atom is 0.226 e. The lowest BCUT2D eigenvalue weighted by atomic mass is 10.1. The van der Waals surface area contributed by atoms with E-state index in [-0.39, 0.29) is 12.4 Å². The van der Waals surface area contributed by atoms with Gasteiger partial charge in [-0.1, -0.05) is 17.3 Å². The standard InChI is InChI=1S/C16H21N3O2.ClH/c1-20-14-7-4-12(5-8-14)11-15-18-16(21-19-15)9-6-13-3-2-10-17-13;/h4-5,7-8,13,17H,2-3,6,9-11H2,1H3;1H. The highest BCUT2D eigenvalue weighted by molar-refractivity contribution is 5.85. The van der Waals surface area contributed by atoms with E-state index in [2.05, 4.69) is 15.5 Å². The first-order chi connectivity index (χ1) is 10.3. The van der Waals surface area contributed by atoms with Gasteiger partial charge in [-0.3, -0.25) is 0 Å². The van der Waals surface area contributed by atoms with E-state index in [0.717, 1.165) is 42.4 Å². The summed E-state index contributed by atoms with van der Waals surface area (Å²) in [7, 11) is 1.67. The van der Waals surface area contributed by atoms with Crippen LogP contribution in [0.2, 0.25) is 0 Å². The number of methoxy groups -OCH3 is 1. The van der Waals surface area contributed by atoms with E-state index in [4.69, 9.17) is 9.26 Å². The van der Waals surface area contributed by atoms with Gasteiger partial charge in [0.1, 0.15) is 5.75 Å². The van der Waals surface area contributed by atoms with Crippen LogP contribution < -0.4 is 10.1 Å². The van der Waals surface area contributed by atoms with Gasteiger partial charge in [-0.25, -0.2) is 0 Å². The van der Waals surface area contributed by atoms with Gasteiger partial charge < -0.3 is 14.6 Å². The van der Waals surface area contributed by atoms with Gasteiger partial charge in [-0.15, -0.1) is 12.4 Å². The molecule has 1 unspecified atom stereocenters. The molecule has 6 heteroatoms. The van der Waals surface area contributed by atoms with Gasteiger partial charge in [0.2, 0.25) is 5.89 Å². The second kappa shape index (κ2) is 8.15. The normalized spacial score (nSPS) is 17.2. The molecule has 1 aromatic heterocycles. The van der Waals surface area contributed by atoms with Crippen molar-refractivity contribution in [2.24, 2.45) is 0 Å². The Labute approximate surface area is 136 Å². The lowest BCUT2D eigenvalue weighted by Gasteiger charge is -2.06. The zero-order chi connectivity index (χ0) is 14.5. The first kappa shape index (κ1) is 16.8. The highest BCUT2D eigenvalue weighted by atomic mass is 35.5. The highest BCUT2D eigenvalue weighted by Gasteiger charge is 2.15. The molecule has 5 nitrogen and oxygen atoms in total. The topological polar surface area (TPSA) is 60.2 Å². The fourth-order valence-electron chi connectivity index (χ4n) is 2.69. The van der Waals surface area contributed by atoms with Crippen LogP contribution in [-0.2, 0) is 12.8 Å². The van der Waals surface area contributed by atoms with Crippen molar-refractivity contribution in [1.29, 1.82) is 0 Å². The molecule has 0 bridgehead atoms. The molecule has 0 saturated carbocycles. The van der Waals surface area contributed by atoms with Crippen LogP contribution in [0, 0.1) is 0 Å². The third-order valence-corrected chi connectivity index (χ3v) is 3.90. The molecule has 0 spiro atoms. The molecule has 1 fully saturated rings. The zero-order valence-electron chi connectivity index (χ0n) is 12.7. The number of halogens is 1. The number of hydrogen-bond donors (Lipinski definition) is 1. The second-order valence-corrected chi connectivity index (χ2v) is 5.46. The molecule has 0 aliphatic carbocycles. The maximum atomic E-state index is 5.33. The van der Waals surface area contributed by atoms with Crippen LogP contribution in [0.15, 0.2) is 28.8 Å². The zero-order valence-corrected chi connectivity index (χ0v) is 13.6. The summed E-state index contributed by atoms with van der Waals surface area (Å²) in [6.45, 7) is 1.14. The van der Waals surface area contributed by atoms with Crippen molar-refractivity contribution in [3.8, 4) is 5.75 Å². The summed E-state index contributed by atoms with van der Waals surface area (Å²) in [6, 6.07) is 8.56. The molecule has 0 amide bonds. The van der Waals surface area contributed by atoms with Crippen LogP contribution in [0.25, 0.3) is 0 Å². The van der Waals surface area contributed by atoms with Gasteiger partial charge in [0.25, 0.3) is 0 Å². The Morgan fingerprint density at radius 3 is 2.82 bits per heavy atom. The number of rotatable bonds is 6. The van der Waals surface area contributed by atoms with Crippen LogP contribution in [-0.4, -0.2) is 29.8 Å². The number of hydrogen-bond acceptors (Lipinski definition) is 5. The van der Waals surface area contributed by atoms with Crippen LogP contribution in [0.3, 0.4) is 0 Å². The van der Waals surface area contributed by atoms with E-state index < -0.39 is 0 Å². The average Bonchev–Trinajstić information content (AvgIpc) is 3.17. The summed E-state index contributed by atoms with van der Waals surface area (Å²) >= 11 is 0. The number of aryl methyl sites for hydroxylation is 1. The predicted octanol–water partition coefficient (Wildman–Crippen LogP) is 2.78.